The summed E-state index contributed by atoms with van der Waals surface area (Å²) < 4.78 is 1.63. The van der Waals surface area contributed by atoms with Gasteiger partial charge in [0.05, 0.1) is 17.4 Å². The number of halogens is 2. The van der Waals surface area contributed by atoms with Gasteiger partial charge in [0, 0.05) is 23.3 Å². The SMILES string of the molecule is CC(C)CC(C)(CN)NC(=O)c1cnn(-c2cccc(Cl)c2)c1.Cl. The van der Waals surface area contributed by atoms with E-state index in [0.29, 0.717) is 23.0 Å². The number of nitrogens with one attached hydrogen (secondary N) is 1. The van der Waals surface area contributed by atoms with Crippen molar-refractivity contribution in [2.45, 2.75) is 32.7 Å². The Hall–Kier alpha value is -1.56. The van der Waals surface area contributed by atoms with Crippen LogP contribution >= 0.6 is 24.0 Å². The second kappa shape index (κ2) is 8.51. The van der Waals surface area contributed by atoms with E-state index in [2.05, 4.69) is 24.3 Å². The highest BCUT2D eigenvalue weighted by Gasteiger charge is 2.26. The van der Waals surface area contributed by atoms with Crippen molar-refractivity contribution in [1.29, 1.82) is 0 Å². The molecular weight excluding hydrogens is 347 g/mol. The third kappa shape index (κ3) is 5.23. The summed E-state index contributed by atoms with van der Waals surface area (Å²) in [6, 6.07) is 7.30. The molecule has 5 nitrogen and oxygen atoms in total. The quantitative estimate of drug-likeness (QED) is 0.817. The molecule has 0 bridgehead atoms. The maximum atomic E-state index is 12.5. The Labute approximate surface area is 154 Å². The van der Waals surface area contributed by atoms with Crippen LogP contribution in [0, 0.1) is 5.92 Å². The van der Waals surface area contributed by atoms with E-state index in [0.717, 1.165) is 12.1 Å². The maximum absolute atomic E-state index is 12.5. The van der Waals surface area contributed by atoms with Gasteiger partial charge in [0.1, 0.15) is 0 Å². The highest BCUT2D eigenvalue weighted by Crippen LogP contribution is 2.17. The molecule has 1 atom stereocenters. The second-order valence-electron chi connectivity index (χ2n) is 6.47. The summed E-state index contributed by atoms with van der Waals surface area (Å²) >= 11 is 5.98. The average molecular weight is 371 g/mol. The molecule has 3 N–H and O–H groups in total. The number of amides is 1. The van der Waals surface area contributed by atoms with Gasteiger partial charge in [0.2, 0.25) is 0 Å². The van der Waals surface area contributed by atoms with Crippen LogP contribution in [0.2, 0.25) is 5.02 Å². The first-order valence-electron chi connectivity index (χ1n) is 7.66. The minimum atomic E-state index is -0.427. The largest absolute Gasteiger partial charge is 0.346 e. The van der Waals surface area contributed by atoms with Gasteiger partial charge < -0.3 is 11.1 Å². The van der Waals surface area contributed by atoms with Crippen LogP contribution in [-0.2, 0) is 0 Å². The lowest BCUT2D eigenvalue weighted by Crippen LogP contribution is -2.52. The molecular formula is C17H24Cl2N4O. The van der Waals surface area contributed by atoms with Crippen molar-refractivity contribution in [2.75, 3.05) is 6.54 Å². The van der Waals surface area contributed by atoms with Gasteiger partial charge in [-0.1, -0.05) is 31.5 Å². The van der Waals surface area contributed by atoms with Crippen molar-refractivity contribution in [2.24, 2.45) is 11.7 Å². The monoisotopic (exact) mass is 370 g/mol. The molecule has 1 amide bonds. The van der Waals surface area contributed by atoms with Crippen LogP contribution in [0.1, 0.15) is 37.6 Å². The molecule has 1 heterocycles. The van der Waals surface area contributed by atoms with E-state index in [1.54, 1.807) is 29.2 Å². The van der Waals surface area contributed by atoms with Gasteiger partial charge in [-0.2, -0.15) is 5.10 Å². The lowest BCUT2D eigenvalue weighted by Gasteiger charge is -2.31. The summed E-state index contributed by atoms with van der Waals surface area (Å²) in [7, 11) is 0. The number of hydrogen-bond donors (Lipinski definition) is 2. The van der Waals surface area contributed by atoms with Crippen LogP contribution in [0.4, 0.5) is 0 Å². The third-order valence-electron chi connectivity index (χ3n) is 3.64. The van der Waals surface area contributed by atoms with Crippen LogP contribution in [0.25, 0.3) is 5.69 Å². The number of nitrogens with two attached hydrogens (primary N) is 1. The topological polar surface area (TPSA) is 72.9 Å². The van der Waals surface area contributed by atoms with Crippen molar-refractivity contribution < 1.29 is 4.79 Å². The van der Waals surface area contributed by atoms with Crippen LogP contribution in [0.15, 0.2) is 36.7 Å². The van der Waals surface area contributed by atoms with E-state index in [1.165, 1.54) is 0 Å². The van der Waals surface area contributed by atoms with E-state index in [1.807, 2.05) is 19.1 Å². The predicted octanol–water partition coefficient (Wildman–Crippen LogP) is 3.44. The fraction of sp³-hybridized carbons (Fsp3) is 0.412. The molecule has 2 rings (SSSR count). The molecule has 24 heavy (non-hydrogen) atoms. The van der Waals surface area contributed by atoms with Gasteiger partial charge in [0.15, 0.2) is 0 Å². The third-order valence-corrected chi connectivity index (χ3v) is 3.88. The molecule has 1 aromatic heterocycles. The van der Waals surface area contributed by atoms with Crippen LogP contribution in [0.5, 0.6) is 0 Å². The second-order valence-corrected chi connectivity index (χ2v) is 6.91. The van der Waals surface area contributed by atoms with Gasteiger partial charge >= 0.3 is 0 Å². The van der Waals surface area contributed by atoms with Crippen molar-refractivity contribution in [3.63, 3.8) is 0 Å². The summed E-state index contributed by atoms with van der Waals surface area (Å²) in [5, 5.41) is 7.88. The number of rotatable bonds is 6. The summed E-state index contributed by atoms with van der Waals surface area (Å²) in [5.74, 6) is 0.268. The smallest absolute Gasteiger partial charge is 0.254 e. The maximum Gasteiger partial charge on any atom is 0.254 e. The zero-order valence-electron chi connectivity index (χ0n) is 14.1. The van der Waals surface area contributed by atoms with Gasteiger partial charge in [-0.15, -0.1) is 12.4 Å². The molecule has 0 saturated carbocycles. The van der Waals surface area contributed by atoms with Crippen molar-refractivity contribution in [1.82, 2.24) is 15.1 Å². The Kier molecular flexibility index (Phi) is 7.27. The standard InChI is InChI=1S/C17H23ClN4O.ClH/c1-12(2)8-17(3,11-19)21-16(23)13-9-20-22(10-13)15-6-4-5-14(18)7-15;/h4-7,9-10,12H,8,11,19H2,1-3H3,(H,21,23);1H. The first-order chi connectivity index (χ1) is 10.8. The Balaban J connectivity index is 0.00000288. The van der Waals surface area contributed by atoms with Crippen LogP contribution in [-0.4, -0.2) is 27.8 Å². The first-order valence-corrected chi connectivity index (χ1v) is 8.04. The molecule has 0 fully saturated rings. The number of carbonyl (C=O) groups excluding carboxylic acids is 1. The van der Waals surface area contributed by atoms with E-state index < -0.39 is 5.54 Å². The number of hydrogen-bond acceptors (Lipinski definition) is 3. The number of aromatic nitrogens is 2. The van der Waals surface area contributed by atoms with E-state index in [4.69, 9.17) is 17.3 Å². The number of nitrogens with zero attached hydrogens (tertiary/aromatic N) is 2. The van der Waals surface area contributed by atoms with Crippen molar-refractivity contribution in [3.8, 4) is 5.69 Å². The minimum absolute atomic E-state index is 0. The Morgan fingerprint density at radius 3 is 2.75 bits per heavy atom. The summed E-state index contributed by atoms with van der Waals surface area (Å²) in [6.07, 6.45) is 4.05. The first kappa shape index (κ1) is 20.5. The predicted molar refractivity (Wildman–Crippen MR) is 100 cm³/mol. The average Bonchev–Trinajstić information content (AvgIpc) is 2.96. The molecule has 0 saturated heterocycles. The van der Waals surface area contributed by atoms with Gasteiger partial charge in [-0.3, -0.25) is 4.79 Å². The number of carbonyl (C=O) groups is 1. The van der Waals surface area contributed by atoms with E-state index in [9.17, 15) is 4.79 Å². The highest BCUT2D eigenvalue weighted by molar-refractivity contribution is 6.30. The fourth-order valence-electron chi connectivity index (χ4n) is 2.63. The van der Waals surface area contributed by atoms with Crippen molar-refractivity contribution >= 4 is 29.9 Å². The van der Waals surface area contributed by atoms with Gasteiger partial charge in [-0.05, 0) is 37.5 Å². The zero-order valence-corrected chi connectivity index (χ0v) is 15.7. The summed E-state index contributed by atoms with van der Waals surface area (Å²) in [4.78, 5) is 12.5. The highest BCUT2D eigenvalue weighted by atomic mass is 35.5. The lowest BCUT2D eigenvalue weighted by molar-refractivity contribution is 0.0898. The van der Waals surface area contributed by atoms with E-state index in [-0.39, 0.29) is 18.3 Å². The van der Waals surface area contributed by atoms with Gasteiger partial charge in [0.25, 0.3) is 5.91 Å². The molecule has 1 aromatic carbocycles. The van der Waals surface area contributed by atoms with Crippen LogP contribution < -0.4 is 11.1 Å². The number of benzene rings is 1. The molecule has 1 unspecified atom stereocenters. The molecule has 2 aromatic rings. The summed E-state index contributed by atoms with van der Waals surface area (Å²) in [5.41, 5.74) is 6.72. The zero-order chi connectivity index (χ0) is 17.0. The van der Waals surface area contributed by atoms with Crippen molar-refractivity contribution in [3.05, 3.63) is 47.2 Å². The molecule has 7 heteroatoms. The molecule has 0 aliphatic carbocycles. The lowest BCUT2D eigenvalue weighted by atomic mass is 9.90. The minimum Gasteiger partial charge on any atom is -0.346 e. The Bertz CT molecular complexity index is 687. The Morgan fingerprint density at radius 2 is 2.17 bits per heavy atom. The van der Waals surface area contributed by atoms with E-state index >= 15 is 0 Å². The summed E-state index contributed by atoms with van der Waals surface area (Å²) in [6.45, 7) is 6.57. The fourth-order valence-corrected chi connectivity index (χ4v) is 2.82. The Morgan fingerprint density at radius 1 is 1.46 bits per heavy atom. The van der Waals surface area contributed by atoms with Gasteiger partial charge in [-0.25, -0.2) is 4.68 Å². The molecule has 0 aliphatic heterocycles. The molecule has 0 radical (unpaired) electrons. The van der Waals surface area contributed by atoms with Crippen LogP contribution in [0.3, 0.4) is 0 Å². The molecule has 0 aliphatic rings. The normalized spacial score (nSPS) is 13.2. The molecule has 0 spiro atoms. The molecule has 132 valence electrons.